The highest BCUT2D eigenvalue weighted by molar-refractivity contribution is 7.90. The van der Waals surface area contributed by atoms with Gasteiger partial charge in [0, 0.05) is 5.56 Å². The molecule has 1 aromatic carbocycles. The molecule has 0 saturated carbocycles. The third kappa shape index (κ3) is 3.21. The predicted octanol–water partition coefficient (Wildman–Crippen LogP) is 1.35. The summed E-state index contributed by atoms with van der Waals surface area (Å²) in [5, 5.41) is 0.408. The van der Waals surface area contributed by atoms with E-state index in [1.165, 1.54) is 17.4 Å². The van der Waals surface area contributed by atoms with Crippen LogP contribution in [0.5, 0.6) is 0 Å². The Bertz CT molecular complexity index is 722. The van der Waals surface area contributed by atoms with Gasteiger partial charge >= 0.3 is 0 Å². The van der Waals surface area contributed by atoms with Gasteiger partial charge in [-0.05, 0) is 24.6 Å². The summed E-state index contributed by atoms with van der Waals surface area (Å²) in [6, 6.07) is 4.75. The van der Waals surface area contributed by atoms with Crippen LogP contribution in [0, 0.1) is 0 Å². The number of anilines is 1. The van der Waals surface area contributed by atoms with Gasteiger partial charge in [0.1, 0.15) is 0 Å². The lowest BCUT2D eigenvalue weighted by molar-refractivity contribution is 0.0981. The van der Waals surface area contributed by atoms with E-state index in [2.05, 4.69) is 4.98 Å². The average Bonchev–Trinajstić information content (AvgIpc) is 2.66. The van der Waals surface area contributed by atoms with Crippen molar-refractivity contribution >= 4 is 42.6 Å². The molecule has 0 spiro atoms. The Hall–Kier alpha value is -1.67. The second kappa shape index (κ2) is 5.14. The van der Waals surface area contributed by atoms with Crippen molar-refractivity contribution in [2.45, 2.75) is 13.3 Å². The number of rotatable bonds is 4. The number of fused-ring (bicyclic) bond motifs is 1. The molecule has 2 rings (SSSR count). The highest BCUT2D eigenvalue weighted by atomic mass is 32.2. The number of carbonyl (C=O) groups is 1. The molecule has 19 heavy (non-hydrogen) atoms. The minimum atomic E-state index is -3.56. The maximum atomic E-state index is 11.8. The van der Waals surface area contributed by atoms with E-state index in [-0.39, 0.29) is 11.3 Å². The molecule has 1 heterocycles. The number of nitrogens with one attached hydrogen (secondary N) is 1. The topological polar surface area (TPSA) is 102 Å². The van der Waals surface area contributed by atoms with E-state index in [0.29, 0.717) is 17.1 Å². The molecular weight excluding hydrogens is 286 g/mol. The van der Waals surface area contributed by atoms with E-state index < -0.39 is 15.9 Å². The molecule has 0 bridgehead atoms. The molecule has 8 heteroatoms. The summed E-state index contributed by atoms with van der Waals surface area (Å²) in [6.45, 7) is 1.73. The first-order valence-corrected chi connectivity index (χ1v) is 8.09. The molecule has 1 amide bonds. The Morgan fingerprint density at radius 3 is 2.89 bits per heavy atom. The van der Waals surface area contributed by atoms with Crippen LogP contribution >= 0.6 is 11.3 Å². The quantitative estimate of drug-likeness (QED) is 0.887. The maximum Gasteiger partial charge on any atom is 0.264 e. The Balaban J connectivity index is 2.26. The lowest BCUT2D eigenvalue weighted by atomic mass is 10.2. The average molecular weight is 299 g/mol. The molecule has 3 N–H and O–H groups in total. The highest BCUT2D eigenvalue weighted by Crippen LogP contribution is 2.24. The van der Waals surface area contributed by atoms with Crippen LogP contribution in [0.25, 0.3) is 10.2 Å². The van der Waals surface area contributed by atoms with Crippen LogP contribution in [0.4, 0.5) is 5.13 Å². The van der Waals surface area contributed by atoms with Gasteiger partial charge in [-0.15, -0.1) is 0 Å². The number of thiazole rings is 1. The Morgan fingerprint density at radius 2 is 2.21 bits per heavy atom. The summed E-state index contributed by atoms with van der Waals surface area (Å²) in [5.74, 6) is -0.712. The zero-order valence-corrected chi connectivity index (χ0v) is 11.8. The largest absolute Gasteiger partial charge is 0.375 e. The summed E-state index contributed by atoms with van der Waals surface area (Å²) in [7, 11) is -3.56. The van der Waals surface area contributed by atoms with Gasteiger partial charge in [-0.2, -0.15) is 0 Å². The number of amides is 1. The first-order valence-electron chi connectivity index (χ1n) is 5.62. The summed E-state index contributed by atoms with van der Waals surface area (Å²) >= 11 is 1.25. The number of carbonyl (C=O) groups excluding carboxylic acids is 1. The van der Waals surface area contributed by atoms with E-state index >= 15 is 0 Å². The number of nitrogens with zero attached hydrogens (tertiary/aromatic N) is 1. The predicted molar refractivity (Wildman–Crippen MR) is 75.6 cm³/mol. The van der Waals surface area contributed by atoms with Crippen molar-refractivity contribution in [3.63, 3.8) is 0 Å². The lowest BCUT2D eigenvalue weighted by Crippen LogP contribution is -2.32. The zero-order chi connectivity index (χ0) is 14.0. The molecule has 0 atom stereocenters. The van der Waals surface area contributed by atoms with Gasteiger partial charge in [0.15, 0.2) is 5.13 Å². The van der Waals surface area contributed by atoms with Crippen molar-refractivity contribution in [2.75, 3.05) is 11.5 Å². The van der Waals surface area contributed by atoms with Crippen LogP contribution in [-0.2, 0) is 10.0 Å². The molecule has 0 aliphatic rings. The molecule has 0 saturated heterocycles. The number of hydrogen-bond donors (Lipinski definition) is 2. The molecule has 0 unspecified atom stereocenters. The van der Waals surface area contributed by atoms with Crippen molar-refractivity contribution in [1.29, 1.82) is 0 Å². The molecule has 6 nitrogen and oxygen atoms in total. The fourth-order valence-electron chi connectivity index (χ4n) is 1.60. The summed E-state index contributed by atoms with van der Waals surface area (Å²) in [5.41, 5.74) is 6.53. The molecule has 0 aliphatic carbocycles. The number of hydrogen-bond acceptors (Lipinski definition) is 6. The molecular formula is C11H13N3O3S2. The second-order valence-electron chi connectivity index (χ2n) is 3.98. The number of nitrogen functional groups attached to an aromatic ring is 1. The fraction of sp³-hybridized carbons (Fsp3) is 0.273. The Labute approximate surface area is 114 Å². The summed E-state index contributed by atoms with van der Waals surface area (Å²) in [6.07, 6.45) is 0.451. The van der Waals surface area contributed by atoms with E-state index in [0.717, 1.165) is 4.70 Å². The molecule has 102 valence electrons. The van der Waals surface area contributed by atoms with E-state index in [1.54, 1.807) is 19.1 Å². The smallest absolute Gasteiger partial charge is 0.264 e. The van der Waals surface area contributed by atoms with Crippen LogP contribution in [0.1, 0.15) is 23.7 Å². The molecule has 2 aromatic rings. The maximum absolute atomic E-state index is 11.8. The van der Waals surface area contributed by atoms with Crippen LogP contribution in [0.3, 0.4) is 0 Å². The molecule has 0 fully saturated rings. The SMILES string of the molecule is CCCS(=O)(=O)NC(=O)c1ccc2nc(N)sc2c1. The first kappa shape index (κ1) is 13.8. The normalized spacial score (nSPS) is 11.6. The van der Waals surface area contributed by atoms with E-state index in [1.807, 2.05) is 4.72 Å². The number of sulfonamides is 1. The van der Waals surface area contributed by atoms with Gasteiger partial charge in [0.05, 0.1) is 16.0 Å². The third-order valence-electron chi connectivity index (χ3n) is 2.39. The standard InChI is InChI=1S/C11H13N3O3S2/c1-2-5-19(16,17)14-10(15)7-3-4-8-9(6-7)18-11(12)13-8/h3-4,6H,2,5H2,1H3,(H2,12,13)(H,14,15). The van der Waals surface area contributed by atoms with Gasteiger partial charge in [0.2, 0.25) is 10.0 Å². The van der Waals surface area contributed by atoms with Crippen molar-refractivity contribution in [2.24, 2.45) is 0 Å². The van der Waals surface area contributed by atoms with Gasteiger partial charge in [0.25, 0.3) is 5.91 Å². The minimum absolute atomic E-state index is 0.0749. The summed E-state index contributed by atoms with van der Waals surface area (Å²) in [4.78, 5) is 15.9. The highest BCUT2D eigenvalue weighted by Gasteiger charge is 2.15. The Morgan fingerprint density at radius 1 is 1.47 bits per heavy atom. The van der Waals surface area contributed by atoms with Crippen LogP contribution in [-0.4, -0.2) is 25.1 Å². The van der Waals surface area contributed by atoms with Crippen molar-refractivity contribution in [3.05, 3.63) is 23.8 Å². The monoisotopic (exact) mass is 299 g/mol. The van der Waals surface area contributed by atoms with Crippen LogP contribution < -0.4 is 10.5 Å². The van der Waals surface area contributed by atoms with Gasteiger partial charge < -0.3 is 5.73 Å². The zero-order valence-electron chi connectivity index (χ0n) is 10.2. The molecule has 1 aromatic heterocycles. The minimum Gasteiger partial charge on any atom is -0.375 e. The molecule has 0 aliphatic heterocycles. The van der Waals surface area contributed by atoms with Gasteiger partial charge in [-0.1, -0.05) is 18.3 Å². The number of nitrogens with two attached hydrogens (primary N) is 1. The van der Waals surface area contributed by atoms with Crippen LogP contribution in [0.2, 0.25) is 0 Å². The summed E-state index contributed by atoms with van der Waals surface area (Å²) < 4.78 is 25.8. The van der Waals surface area contributed by atoms with E-state index in [9.17, 15) is 13.2 Å². The number of benzene rings is 1. The van der Waals surface area contributed by atoms with Gasteiger partial charge in [-0.25, -0.2) is 18.1 Å². The molecule has 0 radical (unpaired) electrons. The number of aromatic nitrogens is 1. The fourth-order valence-corrected chi connectivity index (χ4v) is 3.42. The second-order valence-corrected chi connectivity index (χ2v) is 6.89. The lowest BCUT2D eigenvalue weighted by Gasteiger charge is -2.05. The van der Waals surface area contributed by atoms with Crippen molar-refractivity contribution < 1.29 is 13.2 Å². The Kier molecular flexibility index (Phi) is 3.72. The van der Waals surface area contributed by atoms with E-state index in [4.69, 9.17) is 5.73 Å². The van der Waals surface area contributed by atoms with Crippen molar-refractivity contribution in [3.8, 4) is 0 Å². The first-order chi connectivity index (χ1) is 8.91. The van der Waals surface area contributed by atoms with Crippen molar-refractivity contribution in [1.82, 2.24) is 9.71 Å². The van der Waals surface area contributed by atoms with Gasteiger partial charge in [-0.3, -0.25) is 4.79 Å². The third-order valence-corrected chi connectivity index (χ3v) is 4.68. The van der Waals surface area contributed by atoms with Crippen LogP contribution in [0.15, 0.2) is 18.2 Å².